The van der Waals surface area contributed by atoms with Gasteiger partial charge in [-0.25, -0.2) is 4.79 Å². The van der Waals surface area contributed by atoms with Crippen molar-refractivity contribution in [2.45, 2.75) is 51.5 Å². The topological polar surface area (TPSA) is 75.7 Å². The summed E-state index contributed by atoms with van der Waals surface area (Å²) in [4.78, 5) is 38.5. The van der Waals surface area contributed by atoms with E-state index in [1.807, 2.05) is 6.92 Å². The average molecular weight is 294 g/mol. The summed E-state index contributed by atoms with van der Waals surface area (Å²) in [5, 5.41) is 2.41. The highest BCUT2D eigenvalue weighted by atomic mass is 16.5. The lowest BCUT2D eigenvalue weighted by atomic mass is 9.80. The van der Waals surface area contributed by atoms with Crippen LogP contribution in [0, 0.1) is 11.3 Å². The number of barbiturate groups is 1. The number of carbonyl (C=O) groups excluding carboxylic acids is 3. The molecule has 21 heavy (non-hydrogen) atoms. The van der Waals surface area contributed by atoms with Gasteiger partial charge in [-0.2, -0.15) is 0 Å². The summed E-state index contributed by atoms with van der Waals surface area (Å²) >= 11 is 0. The molecular formula is C15H22N2O4. The molecule has 0 radical (unpaired) electrons. The number of urea groups is 1. The van der Waals surface area contributed by atoms with E-state index < -0.39 is 17.4 Å². The van der Waals surface area contributed by atoms with Crippen LogP contribution in [0.4, 0.5) is 4.79 Å². The van der Waals surface area contributed by atoms with E-state index in [1.165, 1.54) is 4.90 Å². The third kappa shape index (κ3) is 2.25. The number of hydrogen-bond donors (Lipinski definition) is 1. The number of ether oxygens (including phenoxy) is 1. The van der Waals surface area contributed by atoms with Crippen molar-refractivity contribution < 1.29 is 19.1 Å². The molecule has 3 fully saturated rings. The van der Waals surface area contributed by atoms with Gasteiger partial charge in [0.15, 0.2) is 0 Å². The minimum absolute atomic E-state index is 0.188. The molecule has 1 aliphatic carbocycles. The summed E-state index contributed by atoms with van der Waals surface area (Å²) in [6, 6.07) is -0.742. The Balaban J connectivity index is 1.84. The van der Waals surface area contributed by atoms with E-state index in [4.69, 9.17) is 4.74 Å². The van der Waals surface area contributed by atoms with Gasteiger partial charge < -0.3 is 4.74 Å². The average Bonchev–Trinajstić information content (AvgIpc) is 2.97. The Morgan fingerprint density at radius 3 is 2.43 bits per heavy atom. The molecule has 0 aromatic rings. The molecule has 3 rings (SSSR count). The van der Waals surface area contributed by atoms with Crippen LogP contribution < -0.4 is 5.32 Å². The smallest absolute Gasteiger partial charge is 0.331 e. The molecule has 116 valence electrons. The van der Waals surface area contributed by atoms with Gasteiger partial charge in [0.05, 0.1) is 0 Å². The minimum Gasteiger partial charge on any atom is -0.381 e. The number of amides is 4. The van der Waals surface area contributed by atoms with Crippen molar-refractivity contribution in [1.29, 1.82) is 0 Å². The summed E-state index contributed by atoms with van der Waals surface area (Å²) < 4.78 is 5.34. The summed E-state index contributed by atoms with van der Waals surface area (Å²) in [5.74, 6) is -0.432. The minimum atomic E-state index is -0.993. The molecule has 6 heteroatoms. The van der Waals surface area contributed by atoms with E-state index in [0.717, 1.165) is 25.7 Å². The van der Waals surface area contributed by atoms with Gasteiger partial charge in [-0.15, -0.1) is 0 Å². The summed E-state index contributed by atoms with van der Waals surface area (Å²) in [6.45, 7) is 3.25. The molecule has 1 saturated carbocycles. The fourth-order valence-electron chi connectivity index (χ4n) is 3.90. The molecule has 2 aliphatic heterocycles. The van der Waals surface area contributed by atoms with Gasteiger partial charge in [0.25, 0.3) is 0 Å². The largest absolute Gasteiger partial charge is 0.381 e. The standard InChI is InChI=1S/C15H22N2O4/c1-10(11-4-8-21-9-5-11)17-13(19)15(6-2-3-7-15)12(18)16-14(17)20/h10-11H,2-9H2,1H3,(H,16,18,20). The van der Waals surface area contributed by atoms with Gasteiger partial charge in [-0.3, -0.25) is 19.8 Å². The fourth-order valence-corrected chi connectivity index (χ4v) is 3.90. The number of nitrogens with zero attached hydrogens (tertiary/aromatic N) is 1. The van der Waals surface area contributed by atoms with Crippen molar-refractivity contribution in [2.24, 2.45) is 11.3 Å². The van der Waals surface area contributed by atoms with E-state index in [1.54, 1.807) is 0 Å². The number of hydrogen-bond acceptors (Lipinski definition) is 4. The van der Waals surface area contributed by atoms with Crippen molar-refractivity contribution in [1.82, 2.24) is 10.2 Å². The predicted molar refractivity (Wildman–Crippen MR) is 74.3 cm³/mol. The van der Waals surface area contributed by atoms with E-state index in [0.29, 0.717) is 26.1 Å². The highest BCUT2D eigenvalue weighted by molar-refractivity contribution is 6.19. The number of nitrogens with one attached hydrogen (secondary N) is 1. The van der Waals surface area contributed by atoms with Crippen molar-refractivity contribution >= 4 is 17.8 Å². The molecule has 1 spiro atoms. The lowest BCUT2D eigenvalue weighted by molar-refractivity contribution is -0.153. The lowest BCUT2D eigenvalue weighted by Gasteiger charge is -2.42. The van der Waals surface area contributed by atoms with E-state index in [2.05, 4.69) is 5.32 Å². The van der Waals surface area contributed by atoms with Crippen molar-refractivity contribution in [3.8, 4) is 0 Å². The van der Waals surface area contributed by atoms with Crippen LogP contribution in [0.25, 0.3) is 0 Å². The van der Waals surface area contributed by atoms with Gasteiger partial charge in [-0.1, -0.05) is 12.8 Å². The molecular weight excluding hydrogens is 272 g/mol. The Bertz CT molecular complexity index is 464. The third-order valence-corrected chi connectivity index (χ3v) is 5.31. The van der Waals surface area contributed by atoms with Gasteiger partial charge in [0.2, 0.25) is 11.8 Å². The number of rotatable bonds is 2. The molecule has 1 atom stereocenters. The number of imide groups is 2. The van der Waals surface area contributed by atoms with Crippen LogP contribution >= 0.6 is 0 Å². The van der Waals surface area contributed by atoms with Crippen LogP contribution in [0.2, 0.25) is 0 Å². The maximum Gasteiger partial charge on any atom is 0.331 e. The maximum atomic E-state index is 12.9. The third-order valence-electron chi connectivity index (χ3n) is 5.31. The van der Waals surface area contributed by atoms with Gasteiger partial charge in [0, 0.05) is 19.3 Å². The van der Waals surface area contributed by atoms with E-state index in [9.17, 15) is 14.4 Å². The van der Waals surface area contributed by atoms with Crippen molar-refractivity contribution in [3.05, 3.63) is 0 Å². The van der Waals surface area contributed by atoms with Crippen LogP contribution in [0.3, 0.4) is 0 Å². The van der Waals surface area contributed by atoms with Crippen molar-refractivity contribution in [2.75, 3.05) is 13.2 Å². The van der Waals surface area contributed by atoms with Crippen LogP contribution in [-0.2, 0) is 14.3 Å². The zero-order valence-electron chi connectivity index (χ0n) is 12.4. The van der Waals surface area contributed by atoms with E-state index in [-0.39, 0.29) is 17.9 Å². The molecule has 2 saturated heterocycles. The van der Waals surface area contributed by atoms with Crippen molar-refractivity contribution in [3.63, 3.8) is 0 Å². The predicted octanol–water partition coefficient (Wildman–Crippen LogP) is 1.44. The first-order valence-electron chi connectivity index (χ1n) is 7.83. The van der Waals surface area contributed by atoms with Gasteiger partial charge in [-0.05, 0) is 38.5 Å². The molecule has 2 heterocycles. The fraction of sp³-hybridized carbons (Fsp3) is 0.800. The van der Waals surface area contributed by atoms with Gasteiger partial charge >= 0.3 is 6.03 Å². The molecule has 1 N–H and O–H groups in total. The van der Waals surface area contributed by atoms with E-state index >= 15 is 0 Å². The molecule has 0 bridgehead atoms. The van der Waals surface area contributed by atoms with Crippen LogP contribution in [0.1, 0.15) is 45.4 Å². The maximum absolute atomic E-state index is 12.9. The molecule has 6 nitrogen and oxygen atoms in total. The quantitative estimate of drug-likeness (QED) is 0.782. The van der Waals surface area contributed by atoms with Crippen LogP contribution in [0.5, 0.6) is 0 Å². The second kappa shape index (κ2) is 5.40. The Labute approximate surface area is 124 Å². The highest BCUT2D eigenvalue weighted by Crippen LogP contribution is 2.43. The molecule has 0 aromatic heterocycles. The first-order valence-corrected chi connectivity index (χ1v) is 7.83. The monoisotopic (exact) mass is 294 g/mol. The summed E-state index contributed by atoms with van der Waals surface area (Å²) in [5.41, 5.74) is -0.993. The molecule has 3 aliphatic rings. The first kappa shape index (κ1) is 14.5. The zero-order chi connectivity index (χ0) is 15.0. The molecule has 0 aromatic carbocycles. The lowest BCUT2D eigenvalue weighted by Crippen LogP contribution is -2.66. The Morgan fingerprint density at radius 2 is 1.81 bits per heavy atom. The second-order valence-corrected chi connectivity index (χ2v) is 6.41. The zero-order valence-corrected chi connectivity index (χ0v) is 12.4. The Hall–Kier alpha value is -1.43. The highest BCUT2D eigenvalue weighted by Gasteiger charge is 2.56. The number of carbonyl (C=O) groups is 3. The second-order valence-electron chi connectivity index (χ2n) is 6.41. The SMILES string of the molecule is CC(C1CCOCC1)N1C(=O)NC(=O)C2(CCCC2)C1=O. The Kier molecular flexibility index (Phi) is 3.73. The van der Waals surface area contributed by atoms with Crippen LogP contribution in [0.15, 0.2) is 0 Å². The Morgan fingerprint density at radius 1 is 1.19 bits per heavy atom. The van der Waals surface area contributed by atoms with Gasteiger partial charge in [0.1, 0.15) is 5.41 Å². The van der Waals surface area contributed by atoms with Crippen LogP contribution in [-0.4, -0.2) is 42.0 Å². The molecule has 1 unspecified atom stereocenters. The normalized spacial score (nSPS) is 28.0. The first-order chi connectivity index (χ1) is 10.1. The summed E-state index contributed by atoms with van der Waals surface area (Å²) in [7, 11) is 0. The molecule has 4 amide bonds. The summed E-state index contributed by atoms with van der Waals surface area (Å²) in [6.07, 6.45) is 4.54.